The van der Waals surface area contributed by atoms with E-state index in [1.54, 1.807) is 6.26 Å². The minimum atomic E-state index is 0.359. The van der Waals surface area contributed by atoms with Gasteiger partial charge >= 0.3 is 0 Å². The van der Waals surface area contributed by atoms with Crippen LogP contribution in [-0.2, 0) is 6.54 Å². The molecule has 1 aliphatic heterocycles. The number of hydrogen-bond acceptors (Lipinski definition) is 4. The molecule has 17 heavy (non-hydrogen) atoms. The molecule has 3 rings (SSSR count). The van der Waals surface area contributed by atoms with Crippen molar-refractivity contribution < 1.29 is 9.15 Å². The standard InChI is InChI=1S/C13H14N2O2/c14-13-12-11(9-17-13)15(6-7-16-12)8-10-4-2-1-3-5-10/h1-5,9H,6-8,14H2. The summed E-state index contributed by atoms with van der Waals surface area (Å²) in [5, 5.41) is 0. The van der Waals surface area contributed by atoms with Gasteiger partial charge in [-0.25, -0.2) is 0 Å². The van der Waals surface area contributed by atoms with Crippen LogP contribution in [0.1, 0.15) is 5.56 Å². The van der Waals surface area contributed by atoms with Gasteiger partial charge in [0.25, 0.3) is 0 Å². The minimum absolute atomic E-state index is 0.359. The fraction of sp³-hybridized carbons (Fsp3) is 0.231. The summed E-state index contributed by atoms with van der Waals surface area (Å²) in [6.07, 6.45) is 1.66. The third-order valence-corrected chi connectivity index (χ3v) is 2.92. The zero-order valence-corrected chi connectivity index (χ0v) is 9.43. The number of nitrogen functional groups attached to an aromatic ring is 1. The molecular weight excluding hydrogens is 216 g/mol. The first kappa shape index (κ1) is 10.1. The average molecular weight is 230 g/mol. The van der Waals surface area contributed by atoms with E-state index in [0.717, 1.165) is 18.8 Å². The molecule has 0 amide bonds. The topological polar surface area (TPSA) is 51.6 Å². The molecular formula is C13H14N2O2. The molecule has 1 aliphatic rings. The molecule has 0 atom stereocenters. The Labute approximate surface area is 99.6 Å². The summed E-state index contributed by atoms with van der Waals surface area (Å²) in [6.45, 7) is 2.33. The summed E-state index contributed by atoms with van der Waals surface area (Å²) in [4.78, 5) is 2.22. The predicted octanol–water partition coefficient (Wildman–Crippen LogP) is 2.26. The van der Waals surface area contributed by atoms with Gasteiger partial charge in [0, 0.05) is 6.54 Å². The van der Waals surface area contributed by atoms with Crippen LogP contribution < -0.4 is 15.4 Å². The van der Waals surface area contributed by atoms with Gasteiger partial charge in [-0.2, -0.15) is 0 Å². The van der Waals surface area contributed by atoms with E-state index >= 15 is 0 Å². The number of benzene rings is 1. The van der Waals surface area contributed by atoms with Gasteiger partial charge in [0.1, 0.15) is 18.6 Å². The quantitative estimate of drug-likeness (QED) is 0.859. The first-order chi connectivity index (χ1) is 8.34. The van der Waals surface area contributed by atoms with Crippen molar-refractivity contribution >= 4 is 11.6 Å². The van der Waals surface area contributed by atoms with Crippen LogP contribution in [0.5, 0.6) is 5.75 Å². The van der Waals surface area contributed by atoms with Crippen LogP contribution in [0.4, 0.5) is 11.6 Å². The van der Waals surface area contributed by atoms with Gasteiger partial charge < -0.3 is 19.8 Å². The zero-order chi connectivity index (χ0) is 11.7. The summed E-state index contributed by atoms with van der Waals surface area (Å²) >= 11 is 0. The van der Waals surface area contributed by atoms with Crippen LogP contribution in [0.3, 0.4) is 0 Å². The molecule has 0 saturated heterocycles. The first-order valence-corrected chi connectivity index (χ1v) is 5.63. The molecule has 0 saturated carbocycles. The summed E-state index contributed by atoms with van der Waals surface area (Å²) in [6, 6.07) is 10.3. The fourth-order valence-electron chi connectivity index (χ4n) is 2.06. The third-order valence-electron chi connectivity index (χ3n) is 2.92. The molecule has 0 fully saturated rings. The van der Waals surface area contributed by atoms with Gasteiger partial charge in [0.05, 0.1) is 6.54 Å². The lowest BCUT2D eigenvalue weighted by molar-refractivity contribution is 0.308. The van der Waals surface area contributed by atoms with Gasteiger partial charge in [-0.1, -0.05) is 30.3 Å². The Balaban J connectivity index is 1.86. The summed E-state index contributed by atoms with van der Waals surface area (Å²) in [5.41, 5.74) is 7.90. The summed E-state index contributed by atoms with van der Waals surface area (Å²) in [7, 11) is 0. The highest BCUT2D eigenvalue weighted by atomic mass is 16.5. The molecule has 1 aromatic heterocycles. The number of nitrogens with two attached hydrogens (primary N) is 1. The van der Waals surface area contributed by atoms with Gasteiger partial charge in [-0.15, -0.1) is 0 Å². The van der Waals surface area contributed by atoms with Crippen LogP contribution in [0.15, 0.2) is 41.0 Å². The molecule has 4 heteroatoms. The summed E-state index contributed by atoms with van der Waals surface area (Å²) < 4.78 is 10.7. The Kier molecular flexibility index (Phi) is 2.40. The number of rotatable bonds is 2. The number of furan rings is 1. The molecule has 2 aromatic rings. The second-order valence-electron chi connectivity index (χ2n) is 4.07. The largest absolute Gasteiger partial charge is 0.484 e. The van der Waals surface area contributed by atoms with Crippen molar-refractivity contribution in [3.63, 3.8) is 0 Å². The molecule has 2 N–H and O–H groups in total. The van der Waals surface area contributed by atoms with E-state index in [-0.39, 0.29) is 0 Å². The van der Waals surface area contributed by atoms with Crippen molar-refractivity contribution in [2.75, 3.05) is 23.8 Å². The van der Waals surface area contributed by atoms with Crippen molar-refractivity contribution in [3.8, 4) is 5.75 Å². The van der Waals surface area contributed by atoms with Crippen LogP contribution in [0, 0.1) is 0 Å². The van der Waals surface area contributed by atoms with Crippen LogP contribution >= 0.6 is 0 Å². The van der Waals surface area contributed by atoms with Crippen LogP contribution in [-0.4, -0.2) is 13.2 Å². The number of anilines is 2. The number of ether oxygens (including phenoxy) is 1. The van der Waals surface area contributed by atoms with Crippen LogP contribution in [0.2, 0.25) is 0 Å². The third kappa shape index (κ3) is 1.82. The monoisotopic (exact) mass is 230 g/mol. The lowest BCUT2D eigenvalue weighted by Crippen LogP contribution is -2.31. The van der Waals surface area contributed by atoms with Crippen molar-refractivity contribution in [2.45, 2.75) is 6.54 Å². The highest BCUT2D eigenvalue weighted by molar-refractivity contribution is 5.67. The maximum Gasteiger partial charge on any atom is 0.235 e. The van der Waals surface area contributed by atoms with E-state index in [1.807, 2.05) is 18.2 Å². The SMILES string of the molecule is Nc1occ2c1OCCN2Cc1ccccc1. The van der Waals surface area contributed by atoms with E-state index in [0.29, 0.717) is 18.2 Å². The lowest BCUT2D eigenvalue weighted by Gasteiger charge is -2.28. The molecule has 0 unspecified atom stereocenters. The number of nitrogens with zero attached hydrogens (tertiary/aromatic N) is 1. The van der Waals surface area contributed by atoms with Gasteiger partial charge in [0.15, 0.2) is 0 Å². The molecule has 0 aliphatic carbocycles. The van der Waals surface area contributed by atoms with Gasteiger partial charge in [-0.3, -0.25) is 0 Å². The van der Waals surface area contributed by atoms with E-state index < -0.39 is 0 Å². The number of fused-ring (bicyclic) bond motifs is 1. The molecule has 0 radical (unpaired) electrons. The highest BCUT2D eigenvalue weighted by Crippen LogP contribution is 2.39. The van der Waals surface area contributed by atoms with Gasteiger partial charge in [0.2, 0.25) is 11.6 Å². The Morgan fingerprint density at radius 3 is 2.88 bits per heavy atom. The van der Waals surface area contributed by atoms with E-state index in [4.69, 9.17) is 14.9 Å². The maximum absolute atomic E-state index is 5.70. The lowest BCUT2D eigenvalue weighted by atomic mass is 10.2. The minimum Gasteiger partial charge on any atom is -0.484 e. The van der Waals surface area contributed by atoms with E-state index in [2.05, 4.69) is 17.0 Å². The van der Waals surface area contributed by atoms with Crippen LogP contribution in [0.25, 0.3) is 0 Å². The first-order valence-electron chi connectivity index (χ1n) is 5.63. The predicted molar refractivity (Wildman–Crippen MR) is 66.1 cm³/mol. The van der Waals surface area contributed by atoms with Crippen molar-refractivity contribution in [3.05, 3.63) is 42.2 Å². The molecule has 2 heterocycles. The Morgan fingerprint density at radius 2 is 2.06 bits per heavy atom. The average Bonchev–Trinajstić information content (AvgIpc) is 2.74. The molecule has 88 valence electrons. The Morgan fingerprint density at radius 1 is 1.24 bits per heavy atom. The zero-order valence-electron chi connectivity index (χ0n) is 9.43. The smallest absolute Gasteiger partial charge is 0.235 e. The van der Waals surface area contributed by atoms with E-state index in [1.165, 1.54) is 5.56 Å². The molecule has 4 nitrogen and oxygen atoms in total. The van der Waals surface area contributed by atoms with E-state index in [9.17, 15) is 0 Å². The van der Waals surface area contributed by atoms with Crippen molar-refractivity contribution in [2.24, 2.45) is 0 Å². The second-order valence-corrected chi connectivity index (χ2v) is 4.07. The molecule has 0 spiro atoms. The Hall–Kier alpha value is -2.10. The summed E-state index contributed by atoms with van der Waals surface area (Å²) in [5.74, 6) is 1.03. The normalized spacial score (nSPS) is 14.2. The van der Waals surface area contributed by atoms with Crippen molar-refractivity contribution in [1.82, 2.24) is 0 Å². The van der Waals surface area contributed by atoms with Crippen molar-refractivity contribution in [1.29, 1.82) is 0 Å². The Bertz CT molecular complexity index is 507. The fourth-order valence-corrected chi connectivity index (χ4v) is 2.06. The molecule has 0 bridgehead atoms. The van der Waals surface area contributed by atoms with Gasteiger partial charge in [-0.05, 0) is 5.56 Å². The number of hydrogen-bond donors (Lipinski definition) is 1. The highest BCUT2D eigenvalue weighted by Gasteiger charge is 2.23. The molecule has 1 aromatic carbocycles. The second kappa shape index (κ2) is 4.05. The maximum atomic E-state index is 5.70.